The van der Waals surface area contributed by atoms with Crippen molar-refractivity contribution in [2.24, 2.45) is 5.92 Å². The predicted octanol–water partition coefficient (Wildman–Crippen LogP) is 2.53. The van der Waals surface area contributed by atoms with Crippen molar-refractivity contribution in [2.45, 2.75) is 33.3 Å². The summed E-state index contributed by atoms with van der Waals surface area (Å²) in [6, 6.07) is 0. The van der Waals surface area contributed by atoms with Crippen molar-refractivity contribution < 1.29 is 4.74 Å². The predicted molar refractivity (Wildman–Crippen MR) is 61.0 cm³/mol. The first-order valence-electron chi connectivity index (χ1n) is 4.93. The minimum atomic E-state index is 0.0678. The number of nitrogens with two attached hydrogens (primary N) is 1. The van der Waals surface area contributed by atoms with Crippen molar-refractivity contribution >= 4 is 17.3 Å². The second kappa shape index (κ2) is 5.16. The van der Waals surface area contributed by atoms with Crippen LogP contribution < -0.4 is 10.5 Å². The van der Waals surface area contributed by atoms with Crippen LogP contribution in [0.2, 0.25) is 5.28 Å². The molecule has 1 heterocycles. The van der Waals surface area contributed by atoms with Gasteiger partial charge in [0.1, 0.15) is 5.69 Å². The fourth-order valence-corrected chi connectivity index (χ4v) is 1.48. The second-order valence-electron chi connectivity index (χ2n) is 3.96. The zero-order chi connectivity index (χ0) is 11.4. The molecule has 1 atom stereocenters. The molecule has 0 fully saturated rings. The highest BCUT2D eigenvalue weighted by molar-refractivity contribution is 6.28. The van der Waals surface area contributed by atoms with Gasteiger partial charge in [-0.15, -0.1) is 0 Å². The molecule has 4 nitrogen and oxygen atoms in total. The molecular weight excluding hydrogens is 214 g/mol. The Kier molecular flexibility index (Phi) is 4.15. The van der Waals surface area contributed by atoms with Crippen molar-refractivity contribution in [1.29, 1.82) is 0 Å². The first-order valence-corrected chi connectivity index (χ1v) is 5.31. The third kappa shape index (κ3) is 3.91. The van der Waals surface area contributed by atoms with Crippen LogP contribution in [0.15, 0.2) is 6.20 Å². The van der Waals surface area contributed by atoms with Crippen LogP contribution in [0.25, 0.3) is 0 Å². The Bertz CT molecular complexity index is 330. The highest BCUT2D eigenvalue weighted by Crippen LogP contribution is 2.21. The normalized spacial score (nSPS) is 12.9. The lowest BCUT2D eigenvalue weighted by Crippen LogP contribution is -2.16. The van der Waals surface area contributed by atoms with Crippen LogP contribution in [0.5, 0.6) is 5.88 Å². The summed E-state index contributed by atoms with van der Waals surface area (Å²) in [6.07, 6.45) is 2.46. The third-order valence-corrected chi connectivity index (χ3v) is 2.05. The van der Waals surface area contributed by atoms with E-state index in [0.29, 0.717) is 17.5 Å². The number of halogens is 1. The molecule has 5 heteroatoms. The van der Waals surface area contributed by atoms with Gasteiger partial charge >= 0.3 is 0 Å². The molecule has 0 saturated carbocycles. The average molecular weight is 230 g/mol. The Morgan fingerprint density at radius 1 is 1.47 bits per heavy atom. The molecule has 1 aromatic heterocycles. The number of nitrogen functional groups attached to an aromatic ring is 1. The summed E-state index contributed by atoms with van der Waals surface area (Å²) >= 11 is 5.65. The van der Waals surface area contributed by atoms with Gasteiger partial charge in [-0.2, -0.15) is 4.98 Å². The lowest BCUT2D eigenvalue weighted by Gasteiger charge is -2.16. The summed E-state index contributed by atoms with van der Waals surface area (Å²) < 4.78 is 5.58. The highest BCUT2D eigenvalue weighted by atomic mass is 35.5. The molecule has 2 N–H and O–H groups in total. The van der Waals surface area contributed by atoms with Gasteiger partial charge in [0.2, 0.25) is 11.2 Å². The van der Waals surface area contributed by atoms with E-state index in [4.69, 9.17) is 22.1 Å². The van der Waals surface area contributed by atoms with Crippen LogP contribution in [0.1, 0.15) is 27.2 Å². The van der Waals surface area contributed by atoms with Gasteiger partial charge in [-0.3, -0.25) is 0 Å². The van der Waals surface area contributed by atoms with Crippen molar-refractivity contribution in [3.8, 4) is 5.88 Å². The van der Waals surface area contributed by atoms with E-state index < -0.39 is 0 Å². The van der Waals surface area contributed by atoms with E-state index in [-0.39, 0.29) is 11.4 Å². The number of hydrogen-bond acceptors (Lipinski definition) is 4. The Hall–Kier alpha value is -1.03. The molecule has 0 radical (unpaired) electrons. The molecule has 1 rings (SSSR count). The van der Waals surface area contributed by atoms with Gasteiger partial charge in [-0.25, -0.2) is 4.98 Å². The standard InChI is InChI=1S/C10H16ClN3O/c1-6(2)4-7(3)15-9-8(12)5-13-10(11)14-9/h5-7H,4,12H2,1-3H3. The molecular formula is C10H16ClN3O. The SMILES string of the molecule is CC(C)CC(C)Oc1nc(Cl)ncc1N. The molecule has 0 bridgehead atoms. The van der Waals surface area contributed by atoms with Crippen LogP contribution in [0.4, 0.5) is 5.69 Å². The third-order valence-electron chi connectivity index (χ3n) is 1.87. The maximum atomic E-state index is 5.66. The van der Waals surface area contributed by atoms with Crippen molar-refractivity contribution in [3.63, 3.8) is 0 Å². The molecule has 0 spiro atoms. The molecule has 0 amide bonds. The fraction of sp³-hybridized carbons (Fsp3) is 0.600. The van der Waals surface area contributed by atoms with Gasteiger partial charge in [0.15, 0.2) is 0 Å². The molecule has 0 aliphatic rings. The van der Waals surface area contributed by atoms with E-state index in [2.05, 4.69) is 23.8 Å². The Morgan fingerprint density at radius 3 is 2.73 bits per heavy atom. The number of hydrogen-bond donors (Lipinski definition) is 1. The van der Waals surface area contributed by atoms with Gasteiger partial charge in [-0.1, -0.05) is 13.8 Å². The van der Waals surface area contributed by atoms with E-state index in [1.165, 1.54) is 6.20 Å². The van der Waals surface area contributed by atoms with Gasteiger partial charge in [-0.05, 0) is 30.9 Å². The number of nitrogens with zero attached hydrogens (tertiary/aromatic N) is 2. The van der Waals surface area contributed by atoms with Crippen LogP contribution in [-0.2, 0) is 0 Å². The van der Waals surface area contributed by atoms with Gasteiger partial charge in [0.25, 0.3) is 0 Å². The summed E-state index contributed by atoms with van der Waals surface area (Å²) in [5.74, 6) is 0.932. The van der Waals surface area contributed by atoms with Crippen LogP contribution in [0.3, 0.4) is 0 Å². The zero-order valence-corrected chi connectivity index (χ0v) is 9.95. The second-order valence-corrected chi connectivity index (χ2v) is 4.30. The van der Waals surface area contributed by atoms with E-state index >= 15 is 0 Å². The molecule has 0 aliphatic heterocycles. The maximum absolute atomic E-state index is 5.66. The molecule has 1 unspecified atom stereocenters. The Balaban J connectivity index is 2.67. The van der Waals surface area contributed by atoms with Crippen LogP contribution in [-0.4, -0.2) is 16.1 Å². The fourth-order valence-electron chi connectivity index (χ4n) is 1.35. The summed E-state index contributed by atoms with van der Waals surface area (Å²) in [7, 11) is 0. The zero-order valence-electron chi connectivity index (χ0n) is 9.20. The number of anilines is 1. The Morgan fingerprint density at radius 2 is 2.13 bits per heavy atom. The molecule has 84 valence electrons. The highest BCUT2D eigenvalue weighted by Gasteiger charge is 2.10. The summed E-state index contributed by atoms with van der Waals surface area (Å²) in [5, 5.41) is 0.149. The Labute approximate surface area is 94.8 Å². The van der Waals surface area contributed by atoms with E-state index in [9.17, 15) is 0 Å². The first-order chi connectivity index (χ1) is 6.99. The number of rotatable bonds is 4. The quantitative estimate of drug-likeness (QED) is 0.806. The molecule has 0 saturated heterocycles. The number of aromatic nitrogens is 2. The summed E-state index contributed by atoms with van der Waals surface area (Å²) in [5.41, 5.74) is 6.07. The summed E-state index contributed by atoms with van der Waals surface area (Å²) in [6.45, 7) is 6.25. The molecule has 0 aliphatic carbocycles. The molecule has 15 heavy (non-hydrogen) atoms. The minimum absolute atomic E-state index is 0.0678. The molecule has 1 aromatic rings. The lowest BCUT2D eigenvalue weighted by atomic mass is 10.1. The van der Waals surface area contributed by atoms with Crippen LogP contribution in [0, 0.1) is 5.92 Å². The maximum Gasteiger partial charge on any atom is 0.241 e. The smallest absolute Gasteiger partial charge is 0.241 e. The summed E-state index contributed by atoms with van der Waals surface area (Å²) in [4.78, 5) is 7.68. The monoisotopic (exact) mass is 229 g/mol. The van der Waals surface area contributed by atoms with E-state index in [1.54, 1.807) is 0 Å². The first kappa shape index (κ1) is 12.0. The van der Waals surface area contributed by atoms with Gasteiger partial charge in [0.05, 0.1) is 12.3 Å². The van der Waals surface area contributed by atoms with Crippen molar-refractivity contribution in [3.05, 3.63) is 11.5 Å². The number of ether oxygens (including phenoxy) is 1. The lowest BCUT2D eigenvalue weighted by molar-refractivity contribution is 0.186. The minimum Gasteiger partial charge on any atom is -0.473 e. The van der Waals surface area contributed by atoms with E-state index in [1.807, 2.05) is 6.92 Å². The molecule has 0 aromatic carbocycles. The van der Waals surface area contributed by atoms with Crippen molar-refractivity contribution in [2.75, 3.05) is 5.73 Å². The van der Waals surface area contributed by atoms with E-state index in [0.717, 1.165) is 6.42 Å². The van der Waals surface area contributed by atoms with Crippen LogP contribution >= 0.6 is 11.6 Å². The average Bonchev–Trinajstić information content (AvgIpc) is 2.10. The van der Waals surface area contributed by atoms with Crippen molar-refractivity contribution in [1.82, 2.24) is 9.97 Å². The largest absolute Gasteiger partial charge is 0.473 e. The van der Waals surface area contributed by atoms with Gasteiger partial charge < -0.3 is 10.5 Å². The topological polar surface area (TPSA) is 61.0 Å². The van der Waals surface area contributed by atoms with Gasteiger partial charge in [0, 0.05) is 0 Å².